The number of hydrogen-bond donors (Lipinski definition) is 0. The maximum absolute atomic E-state index is 13.4. The molecule has 0 amide bonds. The van der Waals surface area contributed by atoms with E-state index in [1.807, 2.05) is 44.2 Å². The van der Waals surface area contributed by atoms with Gasteiger partial charge in [-0.15, -0.1) is 0 Å². The predicted molar refractivity (Wildman–Crippen MR) is 117 cm³/mol. The molecule has 0 spiro atoms. The molecule has 3 rings (SSSR count). The third kappa shape index (κ3) is 4.71. The topological polar surface area (TPSA) is 65.5 Å². The zero-order chi connectivity index (χ0) is 20.9. The van der Waals surface area contributed by atoms with Crippen molar-refractivity contribution in [2.75, 3.05) is 10.8 Å². The van der Waals surface area contributed by atoms with Crippen LogP contribution in [0.3, 0.4) is 0 Å². The lowest BCUT2D eigenvalue weighted by Gasteiger charge is -2.21. The molecule has 0 saturated carbocycles. The summed E-state index contributed by atoms with van der Waals surface area (Å²) in [6, 6.07) is 21.2. The summed E-state index contributed by atoms with van der Waals surface area (Å²) in [7, 11) is -3.86. The average molecular weight is 405 g/mol. The van der Waals surface area contributed by atoms with E-state index in [4.69, 9.17) is 0 Å². The zero-order valence-corrected chi connectivity index (χ0v) is 17.2. The molecule has 0 aliphatic heterocycles. The van der Waals surface area contributed by atoms with E-state index >= 15 is 0 Å². The van der Waals surface area contributed by atoms with Crippen LogP contribution < -0.4 is 4.31 Å². The first-order chi connectivity index (χ1) is 13.9. The van der Waals surface area contributed by atoms with Crippen molar-refractivity contribution >= 4 is 27.5 Å². The summed E-state index contributed by atoms with van der Waals surface area (Å²) in [5, 5.41) is 9.36. The molecule has 0 unspecified atom stereocenters. The third-order valence-electron chi connectivity index (χ3n) is 4.49. The first-order valence-corrected chi connectivity index (χ1v) is 10.6. The minimum atomic E-state index is -3.86. The van der Waals surface area contributed by atoms with Crippen LogP contribution in [0.2, 0.25) is 0 Å². The smallest absolute Gasteiger partial charge is 0.254 e. The highest BCUT2D eigenvalue weighted by atomic mass is 32.2. The van der Waals surface area contributed by atoms with Crippen molar-refractivity contribution in [3.05, 3.63) is 101 Å². The number of anilines is 1. The van der Waals surface area contributed by atoms with Gasteiger partial charge in [-0.2, -0.15) is 0 Å². The Morgan fingerprint density at radius 1 is 0.931 bits per heavy atom. The molecule has 0 radical (unpaired) electrons. The van der Waals surface area contributed by atoms with E-state index in [2.05, 4.69) is 4.98 Å². The molecule has 0 aliphatic rings. The van der Waals surface area contributed by atoms with Gasteiger partial charge in [0.15, 0.2) is 4.98 Å². The molecule has 0 aliphatic carbocycles. The molecular weight excluding hydrogens is 382 g/mol. The predicted octanol–water partition coefficient (Wildman–Crippen LogP) is 5.70. The van der Waals surface area contributed by atoms with Crippen molar-refractivity contribution in [3.63, 3.8) is 0 Å². The minimum absolute atomic E-state index is 0.0939. The van der Waals surface area contributed by atoms with Gasteiger partial charge in [0.1, 0.15) is 5.69 Å². The van der Waals surface area contributed by atoms with Gasteiger partial charge in [0, 0.05) is 6.07 Å². The fourth-order valence-electron chi connectivity index (χ4n) is 2.98. The Morgan fingerprint density at radius 3 is 2.34 bits per heavy atom. The Hall–Kier alpha value is -3.43. The summed E-state index contributed by atoms with van der Waals surface area (Å²) < 4.78 is 28.0. The summed E-state index contributed by atoms with van der Waals surface area (Å²) >= 11 is 0. The highest BCUT2D eigenvalue weighted by Crippen LogP contribution is 2.32. The summed E-state index contributed by atoms with van der Waals surface area (Å²) in [4.78, 5) is 3.44. The number of benzene rings is 3. The Morgan fingerprint density at radius 2 is 1.66 bits per heavy atom. The lowest BCUT2D eigenvalue weighted by molar-refractivity contribution is 0.593. The van der Waals surface area contributed by atoms with Crippen molar-refractivity contribution in [1.29, 1.82) is 5.39 Å². The van der Waals surface area contributed by atoms with Gasteiger partial charge in [0.05, 0.1) is 11.4 Å². The number of rotatable bonds is 6. The average Bonchev–Trinajstić information content (AvgIpc) is 2.71. The Labute approximate surface area is 171 Å². The summed E-state index contributed by atoms with van der Waals surface area (Å²) in [6.07, 6.45) is 3.66. The van der Waals surface area contributed by atoms with E-state index in [0.29, 0.717) is 5.69 Å². The van der Waals surface area contributed by atoms with Crippen molar-refractivity contribution in [2.24, 2.45) is 0 Å². The molecule has 5 nitrogen and oxygen atoms in total. The normalized spacial score (nSPS) is 11.3. The third-order valence-corrected chi connectivity index (χ3v) is 6.28. The Bertz CT molecular complexity index is 1180. The highest BCUT2D eigenvalue weighted by Gasteiger charge is 2.29. The second-order valence-electron chi connectivity index (χ2n) is 6.75. The van der Waals surface area contributed by atoms with Crippen molar-refractivity contribution in [2.45, 2.75) is 18.7 Å². The zero-order valence-electron chi connectivity index (χ0n) is 16.4. The van der Waals surface area contributed by atoms with E-state index in [-0.39, 0.29) is 17.1 Å². The molecule has 0 saturated heterocycles. The Kier molecular flexibility index (Phi) is 6.10. The van der Waals surface area contributed by atoms with Gasteiger partial charge in [0.25, 0.3) is 10.0 Å². The standard InChI is InChI=1S/C23H22N3O2S/c1-18-12-14-21(15-13-18)29(27,28)26(23-11-4-3-10-22(23)25-24)16-6-9-20-8-5-7-19(2)17-20/h3-15,17H,16H2,1-2H3/q+1/b9-6+. The van der Waals surface area contributed by atoms with Crippen LogP contribution in [0.5, 0.6) is 0 Å². The quantitative estimate of drug-likeness (QED) is 0.495. The van der Waals surface area contributed by atoms with Crippen LogP contribution in [-0.2, 0) is 10.0 Å². The van der Waals surface area contributed by atoms with Gasteiger partial charge in [-0.1, -0.05) is 71.8 Å². The maximum atomic E-state index is 13.4. The van der Waals surface area contributed by atoms with Gasteiger partial charge >= 0.3 is 5.69 Å². The van der Waals surface area contributed by atoms with Crippen molar-refractivity contribution < 1.29 is 8.42 Å². The second kappa shape index (κ2) is 8.72. The van der Waals surface area contributed by atoms with Crippen LogP contribution in [0, 0.1) is 19.2 Å². The molecular formula is C23H22N3O2S+. The Balaban J connectivity index is 2.02. The summed E-state index contributed by atoms with van der Waals surface area (Å²) in [5.74, 6) is 0. The van der Waals surface area contributed by atoms with Crippen LogP contribution in [0.4, 0.5) is 11.4 Å². The first kappa shape index (κ1) is 20.3. The number of nitrogens with zero attached hydrogens (tertiary/aromatic N) is 3. The molecule has 0 atom stereocenters. The van der Waals surface area contributed by atoms with Crippen LogP contribution in [0.1, 0.15) is 16.7 Å². The maximum Gasteiger partial charge on any atom is 0.409 e. The number of para-hydroxylation sites is 1. The number of hydrogen-bond acceptors (Lipinski definition) is 3. The van der Waals surface area contributed by atoms with Crippen molar-refractivity contribution in [1.82, 2.24) is 0 Å². The number of sulfonamides is 1. The largest absolute Gasteiger partial charge is 0.409 e. The minimum Gasteiger partial charge on any atom is -0.254 e. The van der Waals surface area contributed by atoms with E-state index in [0.717, 1.165) is 16.7 Å². The van der Waals surface area contributed by atoms with Crippen LogP contribution >= 0.6 is 0 Å². The van der Waals surface area contributed by atoms with Gasteiger partial charge in [0.2, 0.25) is 5.39 Å². The van der Waals surface area contributed by atoms with Gasteiger partial charge in [-0.3, -0.25) is 4.31 Å². The van der Waals surface area contributed by atoms with Crippen LogP contribution in [0.15, 0.2) is 83.8 Å². The van der Waals surface area contributed by atoms with Gasteiger partial charge in [-0.05, 0) is 37.6 Å². The van der Waals surface area contributed by atoms with E-state index < -0.39 is 10.0 Å². The lowest BCUT2D eigenvalue weighted by Crippen LogP contribution is -2.31. The molecule has 0 fully saturated rings. The second-order valence-corrected chi connectivity index (χ2v) is 8.62. The van der Waals surface area contributed by atoms with Crippen molar-refractivity contribution in [3.8, 4) is 0 Å². The van der Waals surface area contributed by atoms with Crippen LogP contribution in [0.25, 0.3) is 11.1 Å². The van der Waals surface area contributed by atoms with E-state index in [9.17, 15) is 13.8 Å². The summed E-state index contributed by atoms with van der Waals surface area (Å²) in [6.45, 7) is 4.00. The SMILES string of the molecule is Cc1ccc(S(=O)(=O)N(C/C=C/c2cccc(C)c2)c2ccccc2[N+]#N)cc1. The molecule has 6 heteroatoms. The van der Waals surface area contributed by atoms with Gasteiger partial charge < -0.3 is 0 Å². The molecule has 0 heterocycles. The fourth-order valence-corrected chi connectivity index (χ4v) is 4.41. The fraction of sp³-hybridized carbons (Fsp3) is 0.130. The van der Waals surface area contributed by atoms with E-state index in [1.54, 1.807) is 54.6 Å². The number of diazo groups is 1. The highest BCUT2D eigenvalue weighted by molar-refractivity contribution is 7.92. The first-order valence-electron chi connectivity index (χ1n) is 9.18. The molecule has 0 bridgehead atoms. The van der Waals surface area contributed by atoms with Crippen LogP contribution in [-0.4, -0.2) is 15.0 Å². The van der Waals surface area contributed by atoms with E-state index in [1.165, 1.54) is 4.31 Å². The molecule has 0 N–H and O–H groups in total. The molecule has 146 valence electrons. The van der Waals surface area contributed by atoms with Gasteiger partial charge in [-0.25, -0.2) is 8.42 Å². The molecule has 3 aromatic rings. The molecule has 29 heavy (non-hydrogen) atoms. The summed E-state index contributed by atoms with van der Waals surface area (Å²) in [5.41, 5.74) is 3.58. The molecule has 0 aromatic heterocycles. The monoisotopic (exact) mass is 404 g/mol. The molecule has 3 aromatic carbocycles. The lowest BCUT2D eigenvalue weighted by atomic mass is 10.1. The number of aryl methyl sites for hydroxylation is 2.